The van der Waals surface area contributed by atoms with Gasteiger partial charge in [-0.1, -0.05) is 48.5 Å². The second-order valence-corrected chi connectivity index (χ2v) is 4.37. The lowest BCUT2D eigenvalue weighted by Crippen LogP contribution is -2.34. The fraction of sp³-hybridized carbons (Fsp3) is 0.0667. The van der Waals surface area contributed by atoms with Crippen molar-refractivity contribution < 1.29 is 0 Å². The van der Waals surface area contributed by atoms with Crippen LogP contribution in [0.3, 0.4) is 0 Å². The molecule has 2 aromatic rings. The largest absolute Gasteiger partial charge is 0.321 e. The Morgan fingerprint density at radius 3 is 2.26 bits per heavy atom. The van der Waals surface area contributed by atoms with E-state index in [0.717, 1.165) is 11.3 Å². The summed E-state index contributed by atoms with van der Waals surface area (Å²) in [7, 11) is 1.91. The van der Waals surface area contributed by atoms with E-state index in [9.17, 15) is 0 Å². The summed E-state index contributed by atoms with van der Waals surface area (Å²) in [5.41, 5.74) is 4.91. The molecule has 0 amide bonds. The van der Waals surface area contributed by atoms with Crippen LogP contribution in [0.1, 0.15) is 5.56 Å². The number of anilines is 1. The predicted octanol–water partition coefficient (Wildman–Crippen LogP) is 3.03. The van der Waals surface area contributed by atoms with Crippen LogP contribution in [-0.2, 0) is 0 Å². The molecule has 1 N–H and O–H groups in total. The molecule has 0 atom stereocenters. The highest BCUT2D eigenvalue weighted by atomic mass is 32.1. The first-order valence-electron chi connectivity index (χ1n) is 5.94. The topological polar surface area (TPSA) is 27.6 Å². The zero-order valence-corrected chi connectivity index (χ0v) is 11.5. The van der Waals surface area contributed by atoms with Crippen LogP contribution in [0.2, 0.25) is 0 Å². The number of thiocarbonyl (C=S) groups is 1. The molecule has 0 saturated carbocycles. The molecule has 2 aromatic carbocycles. The molecule has 0 aliphatic rings. The Labute approximate surface area is 118 Å². The molecule has 0 unspecified atom stereocenters. The molecule has 0 spiro atoms. The SMILES string of the molecule is CN(C(=S)N/N=C/c1ccccc1)c1ccccc1. The Balaban J connectivity index is 1.93. The Hall–Kier alpha value is -2.20. The van der Waals surface area contributed by atoms with Gasteiger partial charge in [0, 0.05) is 12.7 Å². The Morgan fingerprint density at radius 2 is 1.63 bits per heavy atom. The summed E-state index contributed by atoms with van der Waals surface area (Å²) in [4.78, 5) is 1.87. The number of nitrogens with zero attached hydrogens (tertiary/aromatic N) is 2. The summed E-state index contributed by atoms with van der Waals surface area (Å²) in [6.45, 7) is 0. The van der Waals surface area contributed by atoms with Crippen molar-refractivity contribution in [1.29, 1.82) is 0 Å². The van der Waals surface area contributed by atoms with E-state index >= 15 is 0 Å². The molecule has 4 heteroatoms. The molecular formula is C15H15N3S. The third-order valence-corrected chi connectivity index (χ3v) is 2.99. The summed E-state index contributed by atoms with van der Waals surface area (Å²) < 4.78 is 0. The summed E-state index contributed by atoms with van der Waals surface area (Å²) in [5, 5.41) is 4.68. The molecule has 0 heterocycles. The van der Waals surface area contributed by atoms with Gasteiger partial charge in [-0.25, -0.2) is 0 Å². The van der Waals surface area contributed by atoms with E-state index in [4.69, 9.17) is 12.2 Å². The van der Waals surface area contributed by atoms with E-state index in [2.05, 4.69) is 10.5 Å². The number of hydrogen-bond donors (Lipinski definition) is 1. The minimum atomic E-state index is 0.554. The van der Waals surface area contributed by atoms with Crippen LogP contribution in [0.5, 0.6) is 0 Å². The quantitative estimate of drug-likeness (QED) is 0.527. The van der Waals surface area contributed by atoms with Gasteiger partial charge in [0.25, 0.3) is 0 Å². The third-order valence-electron chi connectivity index (χ3n) is 2.62. The Morgan fingerprint density at radius 1 is 1.05 bits per heavy atom. The van der Waals surface area contributed by atoms with Crippen molar-refractivity contribution in [2.75, 3.05) is 11.9 Å². The number of para-hydroxylation sites is 1. The number of hydrazone groups is 1. The maximum absolute atomic E-state index is 5.28. The van der Waals surface area contributed by atoms with Crippen LogP contribution in [0.25, 0.3) is 0 Å². The van der Waals surface area contributed by atoms with Crippen molar-refractivity contribution >= 4 is 29.2 Å². The first-order valence-corrected chi connectivity index (χ1v) is 6.35. The van der Waals surface area contributed by atoms with Gasteiger partial charge in [0.05, 0.1) is 6.21 Å². The summed E-state index contributed by atoms with van der Waals surface area (Å²) in [6, 6.07) is 19.8. The average Bonchev–Trinajstić information content (AvgIpc) is 2.48. The van der Waals surface area contributed by atoms with Gasteiger partial charge in [0.1, 0.15) is 0 Å². The van der Waals surface area contributed by atoms with Gasteiger partial charge < -0.3 is 4.90 Å². The lowest BCUT2D eigenvalue weighted by atomic mass is 10.2. The molecule has 0 aliphatic heterocycles. The zero-order valence-electron chi connectivity index (χ0n) is 10.7. The first kappa shape index (κ1) is 13.2. The number of hydrogen-bond acceptors (Lipinski definition) is 2. The Bertz CT molecular complexity index is 552. The highest BCUT2D eigenvalue weighted by Gasteiger charge is 2.04. The number of benzene rings is 2. The molecule has 0 aromatic heterocycles. The molecular weight excluding hydrogens is 254 g/mol. The van der Waals surface area contributed by atoms with Gasteiger partial charge in [-0.2, -0.15) is 5.10 Å². The van der Waals surface area contributed by atoms with Crippen LogP contribution in [0.15, 0.2) is 65.8 Å². The standard InChI is InChI=1S/C15H15N3S/c1-18(14-10-6-3-7-11-14)15(19)17-16-12-13-8-4-2-5-9-13/h2-12H,1H3,(H,17,19)/b16-12+. The minimum absolute atomic E-state index is 0.554. The minimum Gasteiger partial charge on any atom is -0.321 e. The fourth-order valence-corrected chi connectivity index (χ4v) is 1.70. The van der Waals surface area contributed by atoms with Crippen LogP contribution in [-0.4, -0.2) is 18.4 Å². The highest BCUT2D eigenvalue weighted by Crippen LogP contribution is 2.10. The molecule has 0 bridgehead atoms. The van der Waals surface area contributed by atoms with Gasteiger partial charge >= 0.3 is 0 Å². The van der Waals surface area contributed by atoms with Gasteiger partial charge in [0.2, 0.25) is 0 Å². The van der Waals surface area contributed by atoms with E-state index in [0.29, 0.717) is 5.11 Å². The molecule has 19 heavy (non-hydrogen) atoms. The normalized spacial score (nSPS) is 10.4. The number of rotatable bonds is 3. The fourth-order valence-electron chi connectivity index (χ4n) is 1.54. The third kappa shape index (κ3) is 3.89. The smallest absolute Gasteiger partial charge is 0.193 e. The molecule has 0 saturated heterocycles. The van der Waals surface area contributed by atoms with Gasteiger partial charge in [-0.3, -0.25) is 5.43 Å². The van der Waals surface area contributed by atoms with Crippen molar-refractivity contribution in [3.63, 3.8) is 0 Å². The van der Waals surface area contributed by atoms with Crippen LogP contribution in [0.4, 0.5) is 5.69 Å². The van der Waals surface area contributed by atoms with Crippen LogP contribution < -0.4 is 10.3 Å². The lowest BCUT2D eigenvalue weighted by Gasteiger charge is -2.18. The average molecular weight is 269 g/mol. The van der Waals surface area contributed by atoms with Gasteiger partial charge in [-0.05, 0) is 29.9 Å². The summed E-state index contributed by atoms with van der Waals surface area (Å²) >= 11 is 5.28. The van der Waals surface area contributed by atoms with E-state index in [1.807, 2.05) is 72.6 Å². The van der Waals surface area contributed by atoms with Crippen molar-refractivity contribution in [2.24, 2.45) is 5.10 Å². The second kappa shape index (κ2) is 6.66. The highest BCUT2D eigenvalue weighted by molar-refractivity contribution is 7.80. The maximum Gasteiger partial charge on any atom is 0.193 e. The second-order valence-electron chi connectivity index (χ2n) is 3.98. The molecule has 0 aliphatic carbocycles. The lowest BCUT2D eigenvalue weighted by molar-refractivity contribution is 1.01. The van der Waals surface area contributed by atoms with E-state index < -0.39 is 0 Å². The summed E-state index contributed by atoms with van der Waals surface area (Å²) in [6.07, 6.45) is 1.74. The predicted molar refractivity (Wildman–Crippen MR) is 84.6 cm³/mol. The van der Waals surface area contributed by atoms with Crippen LogP contribution in [0, 0.1) is 0 Å². The molecule has 3 nitrogen and oxygen atoms in total. The van der Waals surface area contributed by atoms with E-state index in [1.54, 1.807) is 6.21 Å². The molecule has 0 fully saturated rings. The monoisotopic (exact) mass is 269 g/mol. The van der Waals surface area contributed by atoms with Crippen LogP contribution >= 0.6 is 12.2 Å². The van der Waals surface area contributed by atoms with Gasteiger partial charge in [0.15, 0.2) is 5.11 Å². The van der Waals surface area contributed by atoms with E-state index in [1.165, 1.54) is 0 Å². The first-order chi connectivity index (χ1) is 9.27. The Kier molecular flexibility index (Phi) is 4.64. The van der Waals surface area contributed by atoms with Gasteiger partial charge in [-0.15, -0.1) is 0 Å². The van der Waals surface area contributed by atoms with Crippen molar-refractivity contribution in [3.05, 3.63) is 66.2 Å². The molecule has 0 radical (unpaired) electrons. The van der Waals surface area contributed by atoms with Crippen molar-refractivity contribution in [2.45, 2.75) is 0 Å². The zero-order chi connectivity index (χ0) is 13.5. The molecule has 96 valence electrons. The summed E-state index contributed by atoms with van der Waals surface area (Å²) in [5.74, 6) is 0. The number of nitrogens with one attached hydrogen (secondary N) is 1. The van der Waals surface area contributed by atoms with E-state index in [-0.39, 0.29) is 0 Å². The van der Waals surface area contributed by atoms with Crippen molar-refractivity contribution in [3.8, 4) is 0 Å². The molecule has 2 rings (SSSR count). The van der Waals surface area contributed by atoms with Crippen molar-refractivity contribution in [1.82, 2.24) is 5.43 Å². The maximum atomic E-state index is 5.28.